The molecule has 1 nitrogen and oxygen atoms in total. The van der Waals surface area contributed by atoms with Crippen molar-refractivity contribution in [3.8, 4) is 5.75 Å². The van der Waals surface area contributed by atoms with E-state index in [-0.39, 0.29) is 5.41 Å². The van der Waals surface area contributed by atoms with Crippen molar-refractivity contribution in [1.82, 2.24) is 0 Å². The molecule has 0 amide bonds. The van der Waals surface area contributed by atoms with E-state index < -0.39 is 0 Å². The molecular formula is C14H22O. The van der Waals surface area contributed by atoms with E-state index in [0.29, 0.717) is 11.7 Å². The molecule has 0 aliphatic heterocycles. The lowest BCUT2D eigenvalue weighted by Gasteiger charge is -2.23. The largest absolute Gasteiger partial charge is 0.507 e. The highest BCUT2D eigenvalue weighted by Gasteiger charge is 2.20. The number of benzene rings is 1. The molecule has 1 atom stereocenters. The predicted molar refractivity (Wildman–Crippen MR) is 65.5 cm³/mol. The van der Waals surface area contributed by atoms with Crippen molar-refractivity contribution in [2.75, 3.05) is 0 Å². The van der Waals surface area contributed by atoms with Gasteiger partial charge >= 0.3 is 0 Å². The van der Waals surface area contributed by atoms with E-state index in [1.165, 1.54) is 0 Å². The van der Waals surface area contributed by atoms with Gasteiger partial charge in [-0.3, -0.25) is 0 Å². The van der Waals surface area contributed by atoms with Crippen LogP contribution in [0.25, 0.3) is 0 Å². The zero-order valence-corrected chi connectivity index (χ0v) is 10.5. The lowest BCUT2D eigenvalue weighted by Crippen LogP contribution is -2.12. The third kappa shape index (κ3) is 2.53. The Morgan fingerprint density at radius 2 is 1.87 bits per heavy atom. The molecule has 0 bridgehead atoms. The number of rotatable bonds is 2. The van der Waals surface area contributed by atoms with Crippen LogP contribution in [-0.2, 0) is 5.41 Å². The van der Waals surface area contributed by atoms with Crippen LogP contribution in [0, 0.1) is 0 Å². The molecule has 15 heavy (non-hydrogen) atoms. The minimum atomic E-state index is 0.00749. The van der Waals surface area contributed by atoms with Gasteiger partial charge in [0.2, 0.25) is 0 Å². The molecule has 1 rings (SSSR count). The van der Waals surface area contributed by atoms with Crippen molar-refractivity contribution in [1.29, 1.82) is 0 Å². The first-order valence-corrected chi connectivity index (χ1v) is 5.70. The van der Waals surface area contributed by atoms with Crippen LogP contribution in [0.2, 0.25) is 0 Å². The summed E-state index contributed by atoms with van der Waals surface area (Å²) in [6, 6.07) is 6.09. The standard InChI is InChI=1S/C14H22O/c1-6-10(2)11-8-7-9-12(13(11)15)14(3,4)5/h7-10,15H,6H2,1-5H3. The number of aromatic hydroxyl groups is 1. The first-order chi connectivity index (χ1) is 6.88. The van der Waals surface area contributed by atoms with E-state index >= 15 is 0 Å². The monoisotopic (exact) mass is 206 g/mol. The first-order valence-electron chi connectivity index (χ1n) is 5.70. The van der Waals surface area contributed by atoms with Gasteiger partial charge < -0.3 is 5.11 Å². The highest BCUT2D eigenvalue weighted by atomic mass is 16.3. The molecule has 84 valence electrons. The van der Waals surface area contributed by atoms with Gasteiger partial charge in [0.05, 0.1) is 0 Å². The normalized spacial score (nSPS) is 13.9. The van der Waals surface area contributed by atoms with E-state index in [1.54, 1.807) is 0 Å². The van der Waals surface area contributed by atoms with Gasteiger partial charge in [0.25, 0.3) is 0 Å². The molecular weight excluding hydrogens is 184 g/mol. The minimum absolute atomic E-state index is 0.00749. The van der Waals surface area contributed by atoms with E-state index in [4.69, 9.17) is 0 Å². The fourth-order valence-corrected chi connectivity index (χ4v) is 1.78. The first kappa shape index (κ1) is 12.1. The Balaban J connectivity index is 3.23. The van der Waals surface area contributed by atoms with Gasteiger partial charge in [-0.15, -0.1) is 0 Å². The summed E-state index contributed by atoms with van der Waals surface area (Å²) in [6.07, 6.45) is 1.06. The van der Waals surface area contributed by atoms with Crippen LogP contribution in [0.5, 0.6) is 5.75 Å². The molecule has 0 radical (unpaired) electrons. The van der Waals surface area contributed by atoms with Crippen LogP contribution in [0.1, 0.15) is 58.1 Å². The maximum absolute atomic E-state index is 10.2. The smallest absolute Gasteiger partial charge is 0.122 e. The maximum atomic E-state index is 10.2. The summed E-state index contributed by atoms with van der Waals surface area (Å²) in [5.41, 5.74) is 2.12. The second-order valence-corrected chi connectivity index (χ2v) is 5.30. The molecule has 0 aliphatic carbocycles. The van der Waals surface area contributed by atoms with Crippen LogP contribution in [0.4, 0.5) is 0 Å². The Labute approximate surface area is 93.1 Å². The molecule has 0 fully saturated rings. The minimum Gasteiger partial charge on any atom is -0.507 e. The Bertz CT molecular complexity index is 334. The predicted octanol–water partition coefficient (Wildman–Crippen LogP) is 4.20. The van der Waals surface area contributed by atoms with Crippen LogP contribution >= 0.6 is 0 Å². The van der Waals surface area contributed by atoms with Gasteiger partial charge in [-0.25, -0.2) is 0 Å². The summed E-state index contributed by atoms with van der Waals surface area (Å²) in [5, 5.41) is 10.2. The molecule has 0 saturated carbocycles. The van der Waals surface area contributed by atoms with Crippen LogP contribution in [0.15, 0.2) is 18.2 Å². The van der Waals surface area contributed by atoms with Crippen LogP contribution in [0.3, 0.4) is 0 Å². The summed E-state index contributed by atoms with van der Waals surface area (Å²) < 4.78 is 0. The van der Waals surface area contributed by atoms with E-state index in [2.05, 4.69) is 34.6 Å². The zero-order chi connectivity index (χ0) is 11.6. The summed E-state index contributed by atoms with van der Waals surface area (Å²) in [6.45, 7) is 10.7. The number of para-hydroxylation sites is 1. The summed E-state index contributed by atoms with van der Waals surface area (Å²) in [5.74, 6) is 0.909. The Kier molecular flexibility index (Phi) is 3.43. The summed E-state index contributed by atoms with van der Waals surface area (Å²) >= 11 is 0. The van der Waals surface area contributed by atoms with Crippen molar-refractivity contribution in [3.05, 3.63) is 29.3 Å². The van der Waals surface area contributed by atoms with Gasteiger partial charge in [-0.2, -0.15) is 0 Å². The van der Waals surface area contributed by atoms with Gasteiger partial charge in [0.1, 0.15) is 5.75 Å². The quantitative estimate of drug-likeness (QED) is 0.768. The average Bonchev–Trinajstić information content (AvgIpc) is 2.15. The van der Waals surface area contributed by atoms with Gasteiger partial charge in [0, 0.05) is 0 Å². The molecule has 0 aromatic heterocycles. The highest BCUT2D eigenvalue weighted by molar-refractivity contribution is 5.45. The third-order valence-electron chi connectivity index (χ3n) is 3.02. The molecule has 0 aliphatic rings. The van der Waals surface area contributed by atoms with E-state index in [9.17, 15) is 5.11 Å². The maximum Gasteiger partial charge on any atom is 0.122 e. The average molecular weight is 206 g/mol. The van der Waals surface area contributed by atoms with Crippen molar-refractivity contribution in [3.63, 3.8) is 0 Å². The van der Waals surface area contributed by atoms with Gasteiger partial charge in [0.15, 0.2) is 0 Å². The molecule has 0 heterocycles. The van der Waals surface area contributed by atoms with Gasteiger partial charge in [-0.05, 0) is 28.9 Å². The van der Waals surface area contributed by atoms with Crippen molar-refractivity contribution in [2.24, 2.45) is 0 Å². The SMILES string of the molecule is CCC(C)c1cccc(C(C)(C)C)c1O. The number of hydrogen-bond donors (Lipinski definition) is 1. The van der Waals surface area contributed by atoms with Crippen molar-refractivity contribution < 1.29 is 5.11 Å². The number of hydrogen-bond acceptors (Lipinski definition) is 1. The summed E-state index contributed by atoms with van der Waals surface area (Å²) in [4.78, 5) is 0. The fraction of sp³-hybridized carbons (Fsp3) is 0.571. The third-order valence-corrected chi connectivity index (χ3v) is 3.02. The van der Waals surface area contributed by atoms with Crippen molar-refractivity contribution in [2.45, 2.75) is 52.4 Å². The highest BCUT2D eigenvalue weighted by Crippen LogP contribution is 2.36. The Hall–Kier alpha value is -0.980. The van der Waals surface area contributed by atoms with Crippen LogP contribution in [-0.4, -0.2) is 5.11 Å². The molecule has 0 spiro atoms. The lowest BCUT2D eigenvalue weighted by atomic mass is 9.83. The van der Waals surface area contributed by atoms with E-state index in [0.717, 1.165) is 17.5 Å². The zero-order valence-electron chi connectivity index (χ0n) is 10.5. The van der Waals surface area contributed by atoms with Gasteiger partial charge in [-0.1, -0.05) is 52.8 Å². The molecule has 1 heteroatoms. The molecule has 1 N–H and O–H groups in total. The Morgan fingerprint density at radius 1 is 1.27 bits per heavy atom. The second kappa shape index (κ2) is 4.26. The van der Waals surface area contributed by atoms with Crippen molar-refractivity contribution >= 4 is 0 Å². The van der Waals surface area contributed by atoms with E-state index in [1.807, 2.05) is 18.2 Å². The topological polar surface area (TPSA) is 20.2 Å². The molecule has 1 aromatic rings. The summed E-state index contributed by atoms with van der Waals surface area (Å²) in [7, 11) is 0. The number of phenols is 1. The molecule has 0 saturated heterocycles. The second-order valence-electron chi connectivity index (χ2n) is 5.30. The Morgan fingerprint density at radius 3 is 2.33 bits per heavy atom. The number of phenolic OH excluding ortho intramolecular Hbond substituents is 1. The van der Waals surface area contributed by atoms with Crippen LogP contribution < -0.4 is 0 Å². The molecule has 1 unspecified atom stereocenters. The lowest BCUT2D eigenvalue weighted by molar-refractivity contribution is 0.435. The molecule has 1 aromatic carbocycles. The fourth-order valence-electron chi connectivity index (χ4n) is 1.78.